The molecule has 0 fully saturated rings. The Morgan fingerprint density at radius 1 is 0.773 bits per heavy atom. The van der Waals surface area contributed by atoms with Crippen LogP contribution in [0.2, 0.25) is 0 Å². The van der Waals surface area contributed by atoms with Crippen LogP contribution in [0.5, 0.6) is 0 Å². The highest BCUT2D eigenvalue weighted by Crippen LogP contribution is 2.53. The minimum Gasteiger partial charge on any atom is -0.354 e. The van der Waals surface area contributed by atoms with Gasteiger partial charge >= 0.3 is 0 Å². The summed E-state index contributed by atoms with van der Waals surface area (Å²) in [5.41, 5.74) is 6.83. The average Bonchev–Trinajstić information content (AvgIpc) is 3.02. The number of H-pyrrole nitrogens is 1. The maximum absolute atomic E-state index is 3.68. The van der Waals surface area contributed by atoms with E-state index in [1.54, 1.807) is 0 Å². The Kier molecular flexibility index (Phi) is 2.08. The molecule has 5 rings (SSSR count). The van der Waals surface area contributed by atoms with Gasteiger partial charge in [0.15, 0.2) is 0 Å². The lowest BCUT2D eigenvalue weighted by atomic mass is 9.81. The first kappa shape index (κ1) is 12.0. The van der Waals surface area contributed by atoms with Crippen LogP contribution in [0.25, 0.3) is 32.9 Å². The van der Waals surface area contributed by atoms with Crippen LogP contribution in [0.15, 0.2) is 60.7 Å². The van der Waals surface area contributed by atoms with E-state index in [-0.39, 0.29) is 5.41 Å². The van der Waals surface area contributed by atoms with Gasteiger partial charge in [0.05, 0.1) is 5.69 Å². The number of hydrogen-bond donors (Lipinski definition) is 1. The van der Waals surface area contributed by atoms with Crippen molar-refractivity contribution in [3.8, 4) is 11.3 Å². The third-order valence-electron chi connectivity index (χ3n) is 5.18. The summed E-state index contributed by atoms with van der Waals surface area (Å²) in [4.78, 5) is 3.68. The first-order valence-corrected chi connectivity index (χ1v) is 7.82. The number of hydrogen-bond acceptors (Lipinski definition) is 0. The second kappa shape index (κ2) is 3.80. The van der Waals surface area contributed by atoms with Gasteiger partial charge in [-0.1, -0.05) is 68.4 Å². The number of benzene rings is 3. The number of para-hydroxylation sites is 1. The second-order valence-corrected chi connectivity index (χ2v) is 6.75. The molecule has 1 heterocycles. The average molecular weight is 283 g/mol. The van der Waals surface area contributed by atoms with E-state index in [9.17, 15) is 0 Å². The summed E-state index contributed by atoms with van der Waals surface area (Å²) in [6.45, 7) is 4.68. The molecule has 0 atom stereocenters. The molecule has 0 spiro atoms. The van der Waals surface area contributed by atoms with Gasteiger partial charge in [-0.3, -0.25) is 0 Å². The molecule has 0 unspecified atom stereocenters. The van der Waals surface area contributed by atoms with E-state index in [2.05, 4.69) is 79.5 Å². The van der Waals surface area contributed by atoms with Crippen LogP contribution < -0.4 is 0 Å². The Labute approximate surface area is 129 Å². The largest absolute Gasteiger partial charge is 0.354 e. The fourth-order valence-electron chi connectivity index (χ4n) is 4.18. The van der Waals surface area contributed by atoms with Crippen molar-refractivity contribution in [2.45, 2.75) is 19.3 Å². The molecular formula is C21H17N. The van der Waals surface area contributed by atoms with Crippen molar-refractivity contribution in [3.63, 3.8) is 0 Å². The van der Waals surface area contributed by atoms with Crippen molar-refractivity contribution in [3.05, 3.63) is 71.8 Å². The number of rotatable bonds is 0. The van der Waals surface area contributed by atoms with Gasteiger partial charge in [-0.15, -0.1) is 0 Å². The van der Waals surface area contributed by atoms with Gasteiger partial charge in [-0.2, -0.15) is 0 Å². The fourth-order valence-corrected chi connectivity index (χ4v) is 4.18. The number of fused-ring (bicyclic) bond motifs is 7. The van der Waals surface area contributed by atoms with E-state index in [1.807, 2.05) is 0 Å². The minimum atomic E-state index is 0.0360. The van der Waals surface area contributed by atoms with E-state index < -0.39 is 0 Å². The van der Waals surface area contributed by atoms with Gasteiger partial charge in [0, 0.05) is 21.9 Å². The summed E-state index contributed by atoms with van der Waals surface area (Å²) in [7, 11) is 0. The highest BCUT2D eigenvalue weighted by Gasteiger charge is 2.39. The topological polar surface area (TPSA) is 15.8 Å². The Morgan fingerprint density at radius 2 is 1.50 bits per heavy atom. The molecule has 0 amide bonds. The van der Waals surface area contributed by atoms with Crippen LogP contribution in [0.1, 0.15) is 25.0 Å². The Morgan fingerprint density at radius 3 is 2.36 bits per heavy atom. The zero-order valence-corrected chi connectivity index (χ0v) is 12.8. The summed E-state index contributed by atoms with van der Waals surface area (Å²) >= 11 is 0. The Hall–Kier alpha value is -2.54. The number of aromatic nitrogens is 1. The number of aromatic amines is 1. The van der Waals surface area contributed by atoms with Crippen LogP contribution >= 0.6 is 0 Å². The lowest BCUT2D eigenvalue weighted by molar-refractivity contribution is 0.667. The first-order valence-electron chi connectivity index (χ1n) is 7.82. The summed E-state index contributed by atoms with van der Waals surface area (Å²) in [6, 6.07) is 21.9. The molecule has 0 saturated carbocycles. The molecule has 1 nitrogen and oxygen atoms in total. The summed E-state index contributed by atoms with van der Waals surface area (Å²) in [5, 5.41) is 4.00. The van der Waals surface area contributed by atoms with Gasteiger partial charge in [0.2, 0.25) is 0 Å². The zero-order valence-electron chi connectivity index (χ0n) is 12.8. The van der Waals surface area contributed by atoms with E-state index in [0.29, 0.717) is 0 Å². The van der Waals surface area contributed by atoms with Crippen molar-refractivity contribution < 1.29 is 0 Å². The van der Waals surface area contributed by atoms with Gasteiger partial charge < -0.3 is 4.98 Å². The molecule has 4 aromatic rings. The van der Waals surface area contributed by atoms with Crippen LogP contribution in [-0.4, -0.2) is 4.98 Å². The maximum atomic E-state index is 3.68. The quantitative estimate of drug-likeness (QED) is 0.430. The molecule has 0 aliphatic heterocycles. The lowest BCUT2D eigenvalue weighted by Crippen LogP contribution is -2.14. The lowest BCUT2D eigenvalue weighted by Gasteiger charge is -2.21. The first-order chi connectivity index (χ1) is 10.7. The smallest absolute Gasteiger partial charge is 0.0515 e. The molecular weight excluding hydrogens is 266 g/mol. The third-order valence-corrected chi connectivity index (χ3v) is 5.18. The van der Waals surface area contributed by atoms with Crippen molar-refractivity contribution in [2.24, 2.45) is 0 Å². The summed E-state index contributed by atoms with van der Waals surface area (Å²) in [6.07, 6.45) is 0. The normalized spacial score (nSPS) is 15.2. The maximum Gasteiger partial charge on any atom is 0.0515 e. The molecule has 3 aromatic carbocycles. The highest BCUT2D eigenvalue weighted by atomic mass is 14.7. The van der Waals surface area contributed by atoms with E-state index in [1.165, 1.54) is 44.1 Å². The Balaban J connectivity index is 2.02. The van der Waals surface area contributed by atoms with Crippen LogP contribution in [0, 0.1) is 0 Å². The van der Waals surface area contributed by atoms with Gasteiger partial charge in [0.25, 0.3) is 0 Å². The fraction of sp³-hybridized carbons (Fsp3) is 0.143. The molecule has 1 N–H and O–H groups in total. The minimum absolute atomic E-state index is 0.0360. The van der Waals surface area contributed by atoms with E-state index >= 15 is 0 Å². The molecule has 106 valence electrons. The molecule has 1 aliphatic rings. The summed E-state index contributed by atoms with van der Waals surface area (Å²) in [5.74, 6) is 0. The Bertz CT molecular complexity index is 1050. The van der Waals surface area contributed by atoms with Crippen molar-refractivity contribution in [2.75, 3.05) is 0 Å². The second-order valence-electron chi connectivity index (χ2n) is 6.75. The molecule has 22 heavy (non-hydrogen) atoms. The van der Waals surface area contributed by atoms with Crippen molar-refractivity contribution in [1.82, 2.24) is 4.98 Å². The molecule has 1 aliphatic carbocycles. The van der Waals surface area contributed by atoms with E-state index in [0.717, 1.165) is 0 Å². The molecule has 1 aromatic heterocycles. The van der Waals surface area contributed by atoms with Crippen molar-refractivity contribution >= 4 is 21.7 Å². The van der Waals surface area contributed by atoms with Crippen molar-refractivity contribution in [1.29, 1.82) is 0 Å². The predicted octanol–water partition coefficient (Wildman–Crippen LogP) is 5.63. The predicted molar refractivity (Wildman–Crippen MR) is 93.4 cm³/mol. The van der Waals surface area contributed by atoms with E-state index in [4.69, 9.17) is 0 Å². The monoisotopic (exact) mass is 283 g/mol. The zero-order chi connectivity index (χ0) is 14.9. The van der Waals surface area contributed by atoms with Crippen LogP contribution in [-0.2, 0) is 5.41 Å². The van der Waals surface area contributed by atoms with Gasteiger partial charge in [-0.25, -0.2) is 0 Å². The SMILES string of the molecule is CC1(C)c2ccc3ccccc3c2-c2[nH]c3ccccc3c21. The standard InChI is InChI=1S/C21H17N/c1-21(2)16-12-11-13-7-3-4-8-14(13)18(16)20-19(21)15-9-5-6-10-17(15)22-20/h3-12,22H,1-2H3. The molecule has 1 heteroatoms. The van der Waals surface area contributed by atoms with Crippen LogP contribution in [0.3, 0.4) is 0 Å². The molecule has 0 saturated heterocycles. The van der Waals surface area contributed by atoms with Gasteiger partial charge in [-0.05, 0) is 28.0 Å². The number of nitrogens with one attached hydrogen (secondary N) is 1. The van der Waals surface area contributed by atoms with Crippen LogP contribution in [0.4, 0.5) is 0 Å². The highest BCUT2D eigenvalue weighted by molar-refractivity contribution is 6.06. The van der Waals surface area contributed by atoms with Gasteiger partial charge in [0.1, 0.15) is 0 Å². The third kappa shape index (κ3) is 1.29. The summed E-state index contributed by atoms with van der Waals surface area (Å²) < 4.78 is 0. The molecule has 0 bridgehead atoms. The molecule has 0 radical (unpaired) electrons.